The van der Waals surface area contributed by atoms with E-state index in [0.717, 1.165) is 47.0 Å². The predicted octanol–water partition coefficient (Wildman–Crippen LogP) is 4.36. The molecule has 4 aliphatic rings. The Kier molecular flexibility index (Phi) is 4.98. The average molecular weight is 498 g/mol. The molecule has 2 bridgehead atoms. The smallest absolute Gasteiger partial charge is 0.318 e. The van der Waals surface area contributed by atoms with Crippen LogP contribution in [0.1, 0.15) is 36.0 Å². The normalized spacial score (nSPS) is 29.9. The summed E-state index contributed by atoms with van der Waals surface area (Å²) in [5.41, 5.74) is 3.00. The average Bonchev–Trinajstić information content (AvgIpc) is 3.27. The SMILES string of the molecule is COc1ccc2cc(C(C)C(=O)Oc3ccc4c5c3O[C@H]3[C@@H](O)C=C[C@H]6[C@@H](C4)N(C)CC[C@@]563)ccc2c1. The molecule has 6 nitrogen and oxygen atoms in total. The van der Waals surface area contributed by atoms with Crippen LogP contribution in [0.3, 0.4) is 0 Å². The van der Waals surface area contributed by atoms with E-state index in [1.807, 2.05) is 55.5 Å². The summed E-state index contributed by atoms with van der Waals surface area (Å²) in [5, 5.41) is 13.0. The summed E-state index contributed by atoms with van der Waals surface area (Å²) in [6.45, 7) is 2.82. The van der Waals surface area contributed by atoms with Crippen molar-refractivity contribution in [2.24, 2.45) is 5.92 Å². The zero-order valence-electron chi connectivity index (χ0n) is 21.3. The van der Waals surface area contributed by atoms with Crippen molar-refractivity contribution in [2.75, 3.05) is 20.7 Å². The first-order valence-corrected chi connectivity index (χ1v) is 13.1. The molecule has 0 radical (unpaired) electrons. The lowest BCUT2D eigenvalue weighted by Gasteiger charge is -2.56. The van der Waals surface area contributed by atoms with Crippen LogP contribution in [0, 0.1) is 5.92 Å². The summed E-state index contributed by atoms with van der Waals surface area (Å²) >= 11 is 0. The van der Waals surface area contributed by atoms with Gasteiger partial charge in [-0.1, -0.05) is 42.5 Å². The van der Waals surface area contributed by atoms with Crippen molar-refractivity contribution in [2.45, 2.75) is 49.3 Å². The third-order valence-electron chi connectivity index (χ3n) is 9.27. The van der Waals surface area contributed by atoms with Gasteiger partial charge in [0.05, 0.1) is 13.0 Å². The fourth-order valence-corrected chi connectivity index (χ4v) is 7.28. The van der Waals surface area contributed by atoms with Crippen LogP contribution in [0.4, 0.5) is 0 Å². The molecule has 1 fully saturated rings. The number of hydrogen-bond acceptors (Lipinski definition) is 6. The van der Waals surface area contributed by atoms with Crippen molar-refractivity contribution >= 4 is 16.7 Å². The van der Waals surface area contributed by atoms with Gasteiger partial charge in [0, 0.05) is 22.9 Å². The number of carbonyl (C=O) groups excluding carboxylic acids is 1. The monoisotopic (exact) mass is 497 g/mol. The summed E-state index contributed by atoms with van der Waals surface area (Å²) in [7, 11) is 3.84. The molecule has 6 atom stereocenters. The molecule has 1 unspecified atom stereocenters. The fourth-order valence-electron chi connectivity index (χ4n) is 7.28. The Morgan fingerprint density at radius 3 is 2.78 bits per heavy atom. The van der Waals surface area contributed by atoms with E-state index in [1.54, 1.807) is 7.11 Å². The fraction of sp³-hybridized carbons (Fsp3) is 0.387. The number of fused-ring (bicyclic) bond motifs is 1. The van der Waals surface area contributed by atoms with Gasteiger partial charge in [0.15, 0.2) is 11.5 Å². The molecule has 0 aromatic heterocycles. The maximum absolute atomic E-state index is 13.4. The van der Waals surface area contributed by atoms with E-state index in [-0.39, 0.29) is 23.4 Å². The highest BCUT2D eigenvalue weighted by molar-refractivity contribution is 5.87. The van der Waals surface area contributed by atoms with Crippen molar-refractivity contribution in [1.82, 2.24) is 4.90 Å². The van der Waals surface area contributed by atoms with Crippen molar-refractivity contribution in [3.05, 3.63) is 77.4 Å². The second-order valence-electron chi connectivity index (χ2n) is 11.0. The standard InChI is InChI=1S/C31H31NO5/c1-17(18-4-5-20-15-22(35-3)8-6-19(20)14-18)30(34)36-26-11-7-21-16-24-23-9-10-25(33)29-31(23,12-13-32(24)2)27(21)28(26)37-29/h4-11,14-15,17,23-25,29,33H,12-13,16H2,1-3H3/t17?,23-,24+,25-,29-,31-/m0/s1. The van der Waals surface area contributed by atoms with Crippen molar-refractivity contribution in [3.8, 4) is 17.2 Å². The number of ether oxygens (including phenoxy) is 3. The molecule has 6 heteroatoms. The van der Waals surface area contributed by atoms with Gasteiger partial charge in [-0.3, -0.25) is 4.79 Å². The Bertz CT molecular complexity index is 1460. The lowest BCUT2D eigenvalue weighted by Crippen LogP contribution is -2.64. The van der Waals surface area contributed by atoms with Crippen LogP contribution in [-0.2, 0) is 16.6 Å². The second kappa shape index (κ2) is 8.07. The van der Waals surface area contributed by atoms with Crippen molar-refractivity contribution in [3.63, 3.8) is 0 Å². The van der Waals surface area contributed by atoms with Gasteiger partial charge in [0.1, 0.15) is 18.0 Å². The maximum Gasteiger partial charge on any atom is 0.318 e. The molecule has 2 aliphatic heterocycles. The number of piperidine rings is 1. The van der Waals surface area contributed by atoms with Crippen LogP contribution in [0.25, 0.3) is 10.8 Å². The number of esters is 1. The summed E-state index contributed by atoms with van der Waals surface area (Å²) < 4.78 is 17.9. The van der Waals surface area contributed by atoms with E-state index in [0.29, 0.717) is 17.5 Å². The zero-order chi connectivity index (χ0) is 25.5. The molecule has 2 heterocycles. The number of likely N-dealkylation sites (N-methyl/N-ethyl adjacent to an activating group) is 1. The number of methoxy groups -OCH3 is 1. The summed E-state index contributed by atoms with van der Waals surface area (Å²) in [6, 6.07) is 16.2. The number of aliphatic hydroxyl groups excluding tert-OH is 1. The lowest BCUT2D eigenvalue weighted by molar-refractivity contribution is -0.135. The molecule has 7 rings (SSSR count). The Morgan fingerprint density at radius 2 is 1.95 bits per heavy atom. The minimum absolute atomic E-state index is 0.273. The van der Waals surface area contributed by atoms with Gasteiger partial charge in [0.25, 0.3) is 0 Å². The van der Waals surface area contributed by atoms with Gasteiger partial charge < -0.3 is 24.2 Å². The molecular formula is C31H31NO5. The van der Waals surface area contributed by atoms with Crippen LogP contribution in [-0.4, -0.2) is 54.9 Å². The number of rotatable bonds is 4. The van der Waals surface area contributed by atoms with E-state index < -0.39 is 12.0 Å². The first kappa shape index (κ1) is 22.8. The largest absolute Gasteiger partial charge is 0.497 e. The molecular weight excluding hydrogens is 466 g/mol. The molecule has 3 aromatic rings. The molecule has 0 amide bonds. The molecule has 2 aliphatic carbocycles. The minimum Gasteiger partial charge on any atom is -0.497 e. The summed E-state index contributed by atoms with van der Waals surface area (Å²) in [6.07, 6.45) is 4.87. The Labute approximate surface area is 216 Å². The number of benzene rings is 3. The van der Waals surface area contributed by atoms with Crippen molar-refractivity contribution in [1.29, 1.82) is 0 Å². The third-order valence-corrected chi connectivity index (χ3v) is 9.27. The van der Waals surface area contributed by atoms with Crippen LogP contribution >= 0.6 is 0 Å². The van der Waals surface area contributed by atoms with Gasteiger partial charge in [0.2, 0.25) is 0 Å². The van der Waals surface area contributed by atoms with Gasteiger partial charge in [-0.25, -0.2) is 0 Å². The van der Waals surface area contributed by atoms with E-state index in [2.05, 4.69) is 24.1 Å². The maximum atomic E-state index is 13.4. The molecule has 3 aromatic carbocycles. The molecule has 0 saturated carbocycles. The van der Waals surface area contributed by atoms with E-state index in [9.17, 15) is 9.90 Å². The molecule has 190 valence electrons. The predicted molar refractivity (Wildman–Crippen MR) is 140 cm³/mol. The van der Waals surface area contributed by atoms with Gasteiger partial charge in [-0.15, -0.1) is 0 Å². The molecule has 37 heavy (non-hydrogen) atoms. The highest BCUT2D eigenvalue weighted by Crippen LogP contribution is 2.62. The van der Waals surface area contributed by atoms with Crippen LogP contribution in [0.2, 0.25) is 0 Å². The molecule has 1 spiro atoms. The third kappa shape index (κ3) is 3.15. The van der Waals surface area contributed by atoms with E-state index >= 15 is 0 Å². The first-order valence-electron chi connectivity index (χ1n) is 13.1. The Hall–Kier alpha value is -3.35. The van der Waals surface area contributed by atoms with Crippen LogP contribution in [0.5, 0.6) is 17.2 Å². The zero-order valence-corrected chi connectivity index (χ0v) is 21.3. The quantitative estimate of drug-likeness (QED) is 0.328. The van der Waals surface area contributed by atoms with E-state index in [1.165, 1.54) is 5.56 Å². The van der Waals surface area contributed by atoms with E-state index in [4.69, 9.17) is 14.2 Å². The number of nitrogens with zero attached hydrogens (tertiary/aromatic N) is 1. The summed E-state index contributed by atoms with van der Waals surface area (Å²) in [4.78, 5) is 15.8. The minimum atomic E-state index is -0.683. The second-order valence-corrected chi connectivity index (χ2v) is 11.0. The Morgan fingerprint density at radius 1 is 1.14 bits per heavy atom. The van der Waals surface area contributed by atoms with Gasteiger partial charge in [-0.2, -0.15) is 0 Å². The molecule has 1 N–H and O–H groups in total. The lowest BCUT2D eigenvalue weighted by atomic mass is 9.53. The molecule has 1 saturated heterocycles. The number of hydrogen-bond donors (Lipinski definition) is 1. The Balaban J connectivity index is 1.22. The van der Waals surface area contributed by atoms with Crippen LogP contribution in [0.15, 0.2) is 60.7 Å². The van der Waals surface area contributed by atoms with Crippen LogP contribution < -0.4 is 14.2 Å². The van der Waals surface area contributed by atoms with Crippen molar-refractivity contribution < 1.29 is 24.1 Å². The van der Waals surface area contributed by atoms with Gasteiger partial charge in [-0.05, 0) is 73.5 Å². The summed E-state index contributed by atoms with van der Waals surface area (Å²) in [5.74, 6) is 1.39. The number of aliphatic hydroxyl groups is 1. The number of likely N-dealkylation sites (tertiary alicyclic amines) is 1. The topological polar surface area (TPSA) is 68.2 Å². The van der Waals surface area contributed by atoms with Gasteiger partial charge >= 0.3 is 5.97 Å². The number of carbonyl (C=O) groups is 1. The highest BCUT2D eigenvalue weighted by Gasteiger charge is 2.64. The first-order chi connectivity index (χ1) is 17.9. The highest BCUT2D eigenvalue weighted by atomic mass is 16.6.